The van der Waals surface area contributed by atoms with E-state index in [2.05, 4.69) is 5.32 Å². The van der Waals surface area contributed by atoms with Gasteiger partial charge in [0.25, 0.3) is 11.8 Å². The number of thioether (sulfide) groups is 2. The third-order valence-electron chi connectivity index (χ3n) is 3.40. The van der Waals surface area contributed by atoms with Gasteiger partial charge in [0.15, 0.2) is 0 Å². The summed E-state index contributed by atoms with van der Waals surface area (Å²) in [7, 11) is 3.19. The molecule has 1 aliphatic heterocycles. The molecule has 1 heterocycles. The Hall–Kier alpha value is -2.38. The van der Waals surface area contributed by atoms with Gasteiger partial charge in [-0.1, -0.05) is 23.5 Å². The fourth-order valence-electron chi connectivity index (χ4n) is 2.13. The number of carbonyl (C=O) groups is 2. The number of benzene rings is 2. The zero-order chi connectivity index (χ0) is 17.8. The van der Waals surface area contributed by atoms with Crippen LogP contribution in [-0.2, 0) is 9.59 Å². The van der Waals surface area contributed by atoms with Gasteiger partial charge in [-0.25, -0.2) is 0 Å². The molecular formula is C18H15NO4S2. The van der Waals surface area contributed by atoms with E-state index in [4.69, 9.17) is 9.47 Å². The lowest BCUT2D eigenvalue weighted by Gasteiger charge is -2.06. The Morgan fingerprint density at radius 2 is 1.04 bits per heavy atom. The Bertz CT molecular complexity index is 760. The molecule has 0 aromatic heterocycles. The minimum Gasteiger partial charge on any atom is -0.497 e. The maximum absolute atomic E-state index is 12.1. The maximum Gasteiger partial charge on any atom is 0.266 e. The largest absolute Gasteiger partial charge is 0.497 e. The lowest BCUT2D eigenvalue weighted by molar-refractivity contribution is -0.123. The fraction of sp³-hybridized carbons (Fsp3) is 0.111. The molecule has 0 spiro atoms. The van der Waals surface area contributed by atoms with E-state index < -0.39 is 0 Å². The first-order valence-electron chi connectivity index (χ1n) is 7.34. The van der Waals surface area contributed by atoms with Crippen molar-refractivity contribution in [3.8, 4) is 11.5 Å². The predicted octanol–water partition coefficient (Wildman–Crippen LogP) is 3.46. The van der Waals surface area contributed by atoms with Gasteiger partial charge < -0.3 is 9.47 Å². The van der Waals surface area contributed by atoms with Gasteiger partial charge in [0, 0.05) is 9.79 Å². The van der Waals surface area contributed by atoms with E-state index in [0.717, 1.165) is 21.3 Å². The first-order chi connectivity index (χ1) is 12.1. The van der Waals surface area contributed by atoms with Crippen LogP contribution in [0.2, 0.25) is 0 Å². The summed E-state index contributed by atoms with van der Waals surface area (Å²) in [5.74, 6) is 0.722. The average molecular weight is 373 g/mol. The highest BCUT2D eigenvalue weighted by Crippen LogP contribution is 2.40. The van der Waals surface area contributed by atoms with Crippen LogP contribution in [0.25, 0.3) is 0 Å². The normalized spacial score (nSPS) is 13.8. The van der Waals surface area contributed by atoms with Crippen LogP contribution in [0, 0.1) is 0 Å². The number of imide groups is 1. The van der Waals surface area contributed by atoms with E-state index in [1.54, 1.807) is 14.2 Å². The molecule has 7 heteroatoms. The van der Waals surface area contributed by atoms with Crippen molar-refractivity contribution in [2.24, 2.45) is 0 Å². The van der Waals surface area contributed by atoms with Gasteiger partial charge in [0.1, 0.15) is 11.5 Å². The number of ether oxygens (including phenoxy) is 2. The Labute approximate surface area is 153 Å². The van der Waals surface area contributed by atoms with Crippen LogP contribution in [-0.4, -0.2) is 26.0 Å². The molecule has 2 aromatic rings. The Kier molecular flexibility index (Phi) is 5.35. The van der Waals surface area contributed by atoms with Crippen LogP contribution in [0.4, 0.5) is 0 Å². The van der Waals surface area contributed by atoms with Gasteiger partial charge in [0.2, 0.25) is 0 Å². The molecule has 0 atom stereocenters. The van der Waals surface area contributed by atoms with Crippen molar-refractivity contribution in [3.63, 3.8) is 0 Å². The zero-order valence-electron chi connectivity index (χ0n) is 13.6. The smallest absolute Gasteiger partial charge is 0.266 e. The molecule has 2 amide bonds. The van der Waals surface area contributed by atoms with E-state index in [9.17, 15) is 9.59 Å². The predicted molar refractivity (Wildman–Crippen MR) is 97.9 cm³/mol. The SMILES string of the molecule is COc1ccc(SC2=C(Sc3ccc(OC)cc3)C(=O)NC2=O)cc1. The van der Waals surface area contributed by atoms with Crippen molar-refractivity contribution >= 4 is 35.3 Å². The Balaban J connectivity index is 1.85. The lowest BCUT2D eigenvalue weighted by atomic mass is 10.3. The van der Waals surface area contributed by atoms with Crippen molar-refractivity contribution in [3.05, 3.63) is 58.3 Å². The zero-order valence-corrected chi connectivity index (χ0v) is 15.2. The van der Waals surface area contributed by atoms with Gasteiger partial charge in [0.05, 0.1) is 24.0 Å². The van der Waals surface area contributed by atoms with Crippen LogP contribution in [0.5, 0.6) is 11.5 Å². The fourth-order valence-corrected chi connectivity index (χ4v) is 4.06. The van der Waals surface area contributed by atoms with Crippen LogP contribution >= 0.6 is 23.5 Å². The number of carbonyl (C=O) groups excluding carboxylic acids is 2. The van der Waals surface area contributed by atoms with Crippen molar-refractivity contribution < 1.29 is 19.1 Å². The summed E-state index contributed by atoms with van der Waals surface area (Å²) in [4.78, 5) is 26.8. The van der Waals surface area contributed by atoms with Gasteiger partial charge >= 0.3 is 0 Å². The summed E-state index contributed by atoms with van der Waals surface area (Å²) in [6, 6.07) is 14.7. The summed E-state index contributed by atoms with van der Waals surface area (Å²) in [5.41, 5.74) is 0. The average Bonchev–Trinajstić information content (AvgIpc) is 2.90. The summed E-state index contributed by atoms with van der Waals surface area (Å²) in [6.45, 7) is 0. The quantitative estimate of drug-likeness (QED) is 0.783. The molecule has 1 N–H and O–H groups in total. The van der Waals surface area contributed by atoms with E-state index >= 15 is 0 Å². The molecule has 0 saturated carbocycles. The van der Waals surface area contributed by atoms with Crippen LogP contribution in [0.15, 0.2) is 68.1 Å². The van der Waals surface area contributed by atoms with Crippen molar-refractivity contribution in [2.75, 3.05) is 14.2 Å². The summed E-state index contributed by atoms with van der Waals surface area (Å²) >= 11 is 2.53. The second-order valence-corrected chi connectivity index (χ2v) is 7.16. The number of amides is 2. The topological polar surface area (TPSA) is 64.6 Å². The summed E-state index contributed by atoms with van der Waals surface area (Å²) in [6.07, 6.45) is 0. The van der Waals surface area contributed by atoms with Gasteiger partial charge in [-0.15, -0.1) is 0 Å². The van der Waals surface area contributed by atoms with Crippen LogP contribution < -0.4 is 14.8 Å². The molecule has 0 aliphatic carbocycles. The van der Waals surface area contributed by atoms with Crippen LogP contribution in [0.3, 0.4) is 0 Å². The third-order valence-corrected chi connectivity index (χ3v) is 5.74. The molecule has 0 unspecified atom stereocenters. The first-order valence-corrected chi connectivity index (χ1v) is 8.98. The minimum absolute atomic E-state index is 0.373. The third kappa shape index (κ3) is 4.00. The standard InChI is InChI=1S/C18H15NO4S2/c1-22-11-3-7-13(8-4-11)24-15-16(18(21)19-17(15)20)25-14-9-5-12(23-2)6-10-14/h3-10H,1-2H3,(H,19,20,21). The number of hydrogen-bond donors (Lipinski definition) is 1. The Morgan fingerprint density at radius 3 is 1.36 bits per heavy atom. The van der Waals surface area contributed by atoms with E-state index in [1.807, 2.05) is 48.5 Å². The molecule has 25 heavy (non-hydrogen) atoms. The van der Waals surface area contributed by atoms with Gasteiger partial charge in [-0.05, 0) is 48.5 Å². The highest BCUT2D eigenvalue weighted by molar-refractivity contribution is 8.08. The number of hydrogen-bond acceptors (Lipinski definition) is 6. The molecule has 0 radical (unpaired) electrons. The number of rotatable bonds is 6. The molecule has 2 aromatic carbocycles. The molecular weight excluding hydrogens is 358 g/mol. The molecule has 1 aliphatic rings. The summed E-state index contributed by atoms with van der Waals surface area (Å²) in [5, 5.41) is 2.36. The lowest BCUT2D eigenvalue weighted by Crippen LogP contribution is -2.22. The molecule has 0 saturated heterocycles. The minimum atomic E-state index is -0.373. The second kappa shape index (κ2) is 7.67. The number of methoxy groups -OCH3 is 2. The monoisotopic (exact) mass is 373 g/mol. The highest BCUT2D eigenvalue weighted by Gasteiger charge is 2.31. The highest BCUT2D eigenvalue weighted by atomic mass is 32.2. The molecule has 3 rings (SSSR count). The van der Waals surface area contributed by atoms with Gasteiger partial charge in [-0.2, -0.15) is 0 Å². The van der Waals surface area contributed by atoms with E-state index in [0.29, 0.717) is 9.81 Å². The number of nitrogens with one attached hydrogen (secondary N) is 1. The van der Waals surface area contributed by atoms with Gasteiger partial charge in [-0.3, -0.25) is 14.9 Å². The molecule has 5 nitrogen and oxygen atoms in total. The van der Waals surface area contributed by atoms with Crippen LogP contribution in [0.1, 0.15) is 0 Å². The maximum atomic E-state index is 12.1. The summed E-state index contributed by atoms with van der Waals surface area (Å²) < 4.78 is 10.3. The van der Waals surface area contributed by atoms with E-state index in [-0.39, 0.29) is 11.8 Å². The van der Waals surface area contributed by atoms with Crippen molar-refractivity contribution in [1.82, 2.24) is 5.32 Å². The molecule has 0 fully saturated rings. The van der Waals surface area contributed by atoms with Crippen molar-refractivity contribution in [1.29, 1.82) is 0 Å². The van der Waals surface area contributed by atoms with E-state index in [1.165, 1.54) is 23.5 Å². The Morgan fingerprint density at radius 1 is 0.680 bits per heavy atom. The molecule has 128 valence electrons. The van der Waals surface area contributed by atoms with Crippen molar-refractivity contribution in [2.45, 2.75) is 9.79 Å². The first kappa shape index (κ1) is 17.4. The second-order valence-electron chi connectivity index (χ2n) is 5.00. The molecule has 0 bridgehead atoms.